The highest BCUT2D eigenvalue weighted by Crippen LogP contribution is 2.32. The maximum atomic E-state index is 12.1. The first-order valence-electron chi connectivity index (χ1n) is 6.34. The van der Waals surface area contributed by atoms with Gasteiger partial charge >= 0.3 is 5.97 Å². The molecule has 0 aromatic carbocycles. The van der Waals surface area contributed by atoms with Gasteiger partial charge in [0, 0.05) is 12.5 Å². The van der Waals surface area contributed by atoms with Crippen LogP contribution in [-0.4, -0.2) is 38.3 Å². The smallest absolute Gasteiger partial charge is 0.326 e. The van der Waals surface area contributed by atoms with E-state index in [1.54, 1.807) is 0 Å². The molecule has 0 amide bonds. The van der Waals surface area contributed by atoms with E-state index in [-0.39, 0.29) is 5.97 Å². The molecule has 4 nitrogen and oxygen atoms in total. The van der Waals surface area contributed by atoms with Crippen molar-refractivity contribution in [2.24, 2.45) is 5.92 Å². The van der Waals surface area contributed by atoms with E-state index < -0.39 is 5.54 Å². The van der Waals surface area contributed by atoms with E-state index in [1.807, 2.05) is 0 Å². The number of hydrogen-bond acceptors (Lipinski definition) is 4. The molecule has 2 aliphatic rings. The predicted molar refractivity (Wildman–Crippen MR) is 62.2 cm³/mol. The second-order valence-electron chi connectivity index (χ2n) is 4.89. The summed E-state index contributed by atoms with van der Waals surface area (Å²) < 4.78 is 5.02. The third kappa shape index (κ3) is 2.09. The fourth-order valence-corrected chi connectivity index (χ4v) is 3.07. The molecule has 2 N–H and O–H groups in total. The molecule has 0 radical (unpaired) electrons. The molecule has 2 saturated heterocycles. The normalized spacial score (nSPS) is 35.7. The first-order valence-corrected chi connectivity index (χ1v) is 6.34. The Morgan fingerprint density at radius 1 is 1.31 bits per heavy atom. The van der Waals surface area contributed by atoms with E-state index in [1.165, 1.54) is 13.5 Å². The third-order valence-electron chi connectivity index (χ3n) is 3.98. The molecule has 16 heavy (non-hydrogen) atoms. The van der Waals surface area contributed by atoms with Crippen molar-refractivity contribution in [3.63, 3.8) is 0 Å². The van der Waals surface area contributed by atoms with Gasteiger partial charge in [0.05, 0.1) is 7.11 Å². The van der Waals surface area contributed by atoms with Crippen LogP contribution in [-0.2, 0) is 9.53 Å². The maximum Gasteiger partial charge on any atom is 0.326 e. The molecule has 2 unspecified atom stereocenters. The molecule has 92 valence electrons. The lowest BCUT2D eigenvalue weighted by atomic mass is 9.74. The second kappa shape index (κ2) is 5.15. The molecule has 0 aromatic heterocycles. The van der Waals surface area contributed by atoms with Crippen LogP contribution >= 0.6 is 0 Å². The van der Waals surface area contributed by atoms with E-state index in [0.29, 0.717) is 5.92 Å². The number of esters is 1. The van der Waals surface area contributed by atoms with Gasteiger partial charge in [0.2, 0.25) is 0 Å². The van der Waals surface area contributed by atoms with Gasteiger partial charge < -0.3 is 15.4 Å². The molecule has 0 bridgehead atoms. The lowest BCUT2D eigenvalue weighted by Gasteiger charge is -2.43. The first kappa shape index (κ1) is 11.9. The minimum absolute atomic E-state index is 0.0686. The van der Waals surface area contributed by atoms with Crippen molar-refractivity contribution >= 4 is 5.97 Å². The Morgan fingerprint density at radius 3 is 2.75 bits per heavy atom. The summed E-state index contributed by atoms with van der Waals surface area (Å²) in [5.41, 5.74) is -0.416. The number of rotatable bonds is 2. The topological polar surface area (TPSA) is 50.4 Å². The van der Waals surface area contributed by atoms with Crippen LogP contribution in [0.15, 0.2) is 0 Å². The van der Waals surface area contributed by atoms with Crippen LogP contribution in [0.25, 0.3) is 0 Å². The largest absolute Gasteiger partial charge is 0.468 e. The Morgan fingerprint density at radius 2 is 2.19 bits per heavy atom. The van der Waals surface area contributed by atoms with Crippen molar-refractivity contribution in [2.45, 2.75) is 37.6 Å². The number of nitrogens with one attached hydrogen (secondary N) is 2. The summed E-state index contributed by atoms with van der Waals surface area (Å²) in [4.78, 5) is 12.1. The number of carbonyl (C=O) groups is 1. The maximum absolute atomic E-state index is 12.1. The standard InChI is InChI=1S/C12H22N2O2/c1-16-11(15)12(6-2-3-8-14-12)10-5-4-7-13-9-10/h10,13-14H,2-9H2,1H3. The number of carbonyl (C=O) groups excluding carboxylic acids is 1. The number of hydrogen-bond donors (Lipinski definition) is 2. The third-order valence-corrected chi connectivity index (χ3v) is 3.98. The number of methoxy groups -OCH3 is 1. The highest BCUT2D eigenvalue weighted by Gasteiger charge is 2.47. The molecule has 0 aliphatic carbocycles. The first-order chi connectivity index (χ1) is 7.79. The minimum Gasteiger partial charge on any atom is -0.468 e. The second-order valence-corrected chi connectivity index (χ2v) is 4.89. The van der Waals surface area contributed by atoms with Gasteiger partial charge in [-0.05, 0) is 45.2 Å². The van der Waals surface area contributed by atoms with Gasteiger partial charge in [0.1, 0.15) is 5.54 Å². The monoisotopic (exact) mass is 226 g/mol. The summed E-state index contributed by atoms with van der Waals surface area (Å²) in [6.07, 6.45) is 5.49. The highest BCUT2D eigenvalue weighted by molar-refractivity contribution is 5.81. The average molecular weight is 226 g/mol. The fraction of sp³-hybridized carbons (Fsp3) is 0.917. The molecule has 0 aromatic rings. The Balaban J connectivity index is 2.14. The van der Waals surface area contributed by atoms with Gasteiger partial charge in [0.15, 0.2) is 0 Å². The molecule has 2 heterocycles. The molecule has 0 saturated carbocycles. The van der Waals surface area contributed by atoms with Gasteiger partial charge in [-0.2, -0.15) is 0 Å². The van der Waals surface area contributed by atoms with Crippen molar-refractivity contribution in [2.75, 3.05) is 26.7 Å². The predicted octanol–water partition coefficient (Wildman–Crippen LogP) is 0.671. The SMILES string of the molecule is COC(=O)C1(C2CCCNC2)CCCCN1. The molecular formula is C12H22N2O2. The van der Waals surface area contributed by atoms with Crippen molar-refractivity contribution in [1.82, 2.24) is 10.6 Å². The van der Waals surface area contributed by atoms with Crippen molar-refractivity contribution in [3.8, 4) is 0 Å². The summed E-state index contributed by atoms with van der Waals surface area (Å²) >= 11 is 0. The Bertz CT molecular complexity index is 243. The fourth-order valence-electron chi connectivity index (χ4n) is 3.07. The summed E-state index contributed by atoms with van der Waals surface area (Å²) in [7, 11) is 1.50. The molecule has 0 spiro atoms. The molecule has 2 aliphatic heterocycles. The zero-order valence-corrected chi connectivity index (χ0v) is 10.1. The number of piperidine rings is 2. The van der Waals surface area contributed by atoms with Crippen LogP contribution in [0.2, 0.25) is 0 Å². The van der Waals surface area contributed by atoms with E-state index in [0.717, 1.165) is 45.3 Å². The molecule has 4 heteroatoms. The van der Waals surface area contributed by atoms with Gasteiger partial charge in [-0.15, -0.1) is 0 Å². The van der Waals surface area contributed by atoms with Crippen LogP contribution < -0.4 is 10.6 Å². The average Bonchev–Trinajstić information content (AvgIpc) is 2.39. The van der Waals surface area contributed by atoms with Crippen LogP contribution in [0.5, 0.6) is 0 Å². The van der Waals surface area contributed by atoms with Crippen molar-refractivity contribution in [3.05, 3.63) is 0 Å². The lowest BCUT2D eigenvalue weighted by Crippen LogP contribution is -2.62. The van der Waals surface area contributed by atoms with E-state index >= 15 is 0 Å². The van der Waals surface area contributed by atoms with Gasteiger partial charge in [-0.25, -0.2) is 0 Å². The Labute approximate surface area is 97.1 Å². The highest BCUT2D eigenvalue weighted by atomic mass is 16.5. The quantitative estimate of drug-likeness (QED) is 0.680. The summed E-state index contributed by atoms with van der Waals surface area (Å²) in [5, 5.41) is 6.83. The zero-order valence-electron chi connectivity index (χ0n) is 10.1. The van der Waals surface area contributed by atoms with Gasteiger partial charge in [0.25, 0.3) is 0 Å². The van der Waals surface area contributed by atoms with E-state index in [4.69, 9.17) is 4.74 Å². The van der Waals surface area contributed by atoms with Gasteiger partial charge in [-0.3, -0.25) is 4.79 Å². The molecule has 2 atom stereocenters. The zero-order chi connectivity index (χ0) is 11.4. The summed E-state index contributed by atoms with van der Waals surface area (Å²) in [5.74, 6) is 0.315. The molecule has 2 rings (SSSR count). The minimum atomic E-state index is -0.416. The number of ether oxygens (including phenoxy) is 1. The lowest BCUT2D eigenvalue weighted by molar-refractivity contribution is -0.153. The van der Waals surface area contributed by atoms with E-state index in [9.17, 15) is 4.79 Å². The molecule has 2 fully saturated rings. The van der Waals surface area contributed by atoms with Gasteiger partial charge in [-0.1, -0.05) is 0 Å². The summed E-state index contributed by atoms with van der Waals surface area (Å²) in [6.45, 7) is 2.95. The molecular weight excluding hydrogens is 204 g/mol. The van der Waals surface area contributed by atoms with Crippen LogP contribution in [0, 0.1) is 5.92 Å². The Hall–Kier alpha value is -0.610. The van der Waals surface area contributed by atoms with E-state index in [2.05, 4.69) is 10.6 Å². The van der Waals surface area contributed by atoms with Crippen molar-refractivity contribution < 1.29 is 9.53 Å². The Kier molecular flexibility index (Phi) is 3.82. The van der Waals surface area contributed by atoms with Crippen LogP contribution in [0.3, 0.4) is 0 Å². The summed E-state index contributed by atoms with van der Waals surface area (Å²) in [6, 6.07) is 0. The van der Waals surface area contributed by atoms with Crippen LogP contribution in [0.1, 0.15) is 32.1 Å². The van der Waals surface area contributed by atoms with Crippen LogP contribution in [0.4, 0.5) is 0 Å². The van der Waals surface area contributed by atoms with Crippen molar-refractivity contribution in [1.29, 1.82) is 0 Å².